The maximum atomic E-state index is 6.53. The molecule has 37 heavy (non-hydrogen) atoms. The lowest BCUT2D eigenvalue weighted by Crippen LogP contribution is -2.41. The minimum Gasteiger partial charge on any atom is -0.487 e. The Morgan fingerprint density at radius 1 is 0.973 bits per heavy atom. The molecule has 3 heterocycles. The van der Waals surface area contributed by atoms with Gasteiger partial charge in [-0.2, -0.15) is 0 Å². The summed E-state index contributed by atoms with van der Waals surface area (Å²) in [6.07, 6.45) is 4.26. The molecule has 1 fully saturated rings. The molecule has 3 aromatic carbocycles. The predicted octanol–water partition coefficient (Wildman–Crippen LogP) is 5.70. The number of piperidine rings is 1. The molecule has 2 aliphatic heterocycles. The topological polar surface area (TPSA) is 80.7 Å². The van der Waals surface area contributed by atoms with E-state index in [-0.39, 0.29) is 5.54 Å². The van der Waals surface area contributed by atoms with E-state index in [0.29, 0.717) is 36.2 Å². The van der Waals surface area contributed by atoms with Crippen molar-refractivity contribution >= 4 is 39.9 Å². The van der Waals surface area contributed by atoms with Gasteiger partial charge in [-0.1, -0.05) is 48.0 Å². The van der Waals surface area contributed by atoms with Crippen LogP contribution in [0.3, 0.4) is 0 Å². The van der Waals surface area contributed by atoms with Gasteiger partial charge in [0, 0.05) is 17.5 Å². The second-order valence-corrected chi connectivity index (χ2v) is 9.97. The monoisotopic (exact) mass is 513 g/mol. The van der Waals surface area contributed by atoms with Gasteiger partial charge in [-0.3, -0.25) is 0 Å². The van der Waals surface area contributed by atoms with Crippen LogP contribution in [0.4, 0.5) is 11.5 Å². The molecule has 6 rings (SSSR count). The molecule has 0 atom stereocenters. The number of aromatic nitrogens is 2. The van der Waals surface area contributed by atoms with Crippen LogP contribution in [0.15, 0.2) is 78.0 Å². The van der Waals surface area contributed by atoms with Gasteiger partial charge < -0.3 is 20.1 Å². The average molecular weight is 514 g/mol. The fourth-order valence-electron chi connectivity index (χ4n) is 4.84. The number of rotatable bonds is 7. The Hall–Kier alpha value is -3.68. The smallest absolute Gasteiger partial charge is 0.188 e. The van der Waals surface area contributed by atoms with Crippen LogP contribution in [-0.4, -0.2) is 41.1 Å². The highest BCUT2D eigenvalue weighted by Crippen LogP contribution is 2.32. The standard InChI is InChI=1S/C29H28ClN5O2/c30-24-16-22(7-9-26(24)36-17-20-4-2-1-3-5-20)34-28-23-14-21(6-8-25(23)32-19-33-28)15-27-35-29(18-37-27)10-12-31-13-11-29/h1-9,14,16,19,31H,10-13,15,17-18H2,(H,32,33,34). The van der Waals surface area contributed by atoms with Gasteiger partial charge in [0.25, 0.3) is 0 Å². The Bertz CT molecular complexity index is 1440. The highest BCUT2D eigenvalue weighted by atomic mass is 35.5. The largest absolute Gasteiger partial charge is 0.487 e. The van der Waals surface area contributed by atoms with Crippen LogP contribution in [0.1, 0.15) is 24.0 Å². The maximum Gasteiger partial charge on any atom is 0.188 e. The first-order valence-electron chi connectivity index (χ1n) is 12.6. The first kappa shape index (κ1) is 23.7. The number of nitrogens with zero attached hydrogens (tertiary/aromatic N) is 3. The summed E-state index contributed by atoms with van der Waals surface area (Å²) in [5, 5.41) is 8.26. The molecule has 0 saturated carbocycles. The van der Waals surface area contributed by atoms with Gasteiger partial charge in [-0.05, 0) is 67.4 Å². The molecule has 4 aromatic rings. The van der Waals surface area contributed by atoms with Crippen molar-refractivity contribution < 1.29 is 9.47 Å². The van der Waals surface area contributed by atoms with E-state index < -0.39 is 0 Å². The number of benzene rings is 3. The van der Waals surface area contributed by atoms with E-state index >= 15 is 0 Å². The SMILES string of the molecule is Clc1cc(Nc2ncnc3ccc(CC4=NC5(CCNCC5)CO4)cc23)ccc1OCc1ccccc1. The minimum absolute atomic E-state index is 0.0521. The molecule has 0 radical (unpaired) electrons. The quantitative estimate of drug-likeness (QED) is 0.330. The Morgan fingerprint density at radius 2 is 1.84 bits per heavy atom. The van der Waals surface area contributed by atoms with Crippen LogP contribution in [0, 0.1) is 0 Å². The lowest BCUT2D eigenvalue weighted by molar-refractivity contribution is 0.213. The van der Waals surface area contributed by atoms with E-state index in [1.165, 1.54) is 0 Å². The van der Waals surface area contributed by atoms with Gasteiger partial charge in [0.15, 0.2) is 5.90 Å². The normalized spacial score (nSPS) is 16.4. The molecule has 188 valence electrons. The fraction of sp³-hybridized carbons (Fsp3) is 0.276. The predicted molar refractivity (Wildman–Crippen MR) is 147 cm³/mol. The average Bonchev–Trinajstić information content (AvgIpc) is 3.30. The van der Waals surface area contributed by atoms with E-state index in [1.807, 2.05) is 54.6 Å². The second-order valence-electron chi connectivity index (χ2n) is 9.56. The number of hydrogen-bond acceptors (Lipinski definition) is 7. The Balaban J connectivity index is 1.18. The molecule has 8 heteroatoms. The molecule has 2 N–H and O–H groups in total. The zero-order chi connectivity index (χ0) is 25.1. The van der Waals surface area contributed by atoms with E-state index in [4.69, 9.17) is 26.1 Å². The molecule has 1 aromatic heterocycles. The Morgan fingerprint density at radius 3 is 2.68 bits per heavy atom. The van der Waals surface area contributed by atoms with Gasteiger partial charge in [0.2, 0.25) is 0 Å². The molecule has 0 aliphatic carbocycles. The van der Waals surface area contributed by atoms with Crippen LogP contribution in [0.5, 0.6) is 5.75 Å². The number of anilines is 2. The third kappa shape index (κ3) is 5.38. The highest BCUT2D eigenvalue weighted by molar-refractivity contribution is 6.32. The van der Waals surface area contributed by atoms with Crippen molar-refractivity contribution in [2.45, 2.75) is 31.4 Å². The van der Waals surface area contributed by atoms with Crippen LogP contribution >= 0.6 is 11.6 Å². The Kier molecular flexibility index (Phi) is 6.64. The van der Waals surface area contributed by atoms with Crippen molar-refractivity contribution in [1.82, 2.24) is 15.3 Å². The molecule has 0 unspecified atom stereocenters. The van der Waals surface area contributed by atoms with Gasteiger partial charge >= 0.3 is 0 Å². The number of aliphatic imine (C=N–C) groups is 1. The first-order valence-corrected chi connectivity index (χ1v) is 12.9. The Labute approximate surface area is 220 Å². The van der Waals surface area contributed by atoms with E-state index in [9.17, 15) is 0 Å². The summed E-state index contributed by atoms with van der Waals surface area (Å²) in [6, 6.07) is 21.9. The zero-order valence-electron chi connectivity index (χ0n) is 20.4. The summed E-state index contributed by atoms with van der Waals surface area (Å²) in [5.41, 5.74) is 3.82. The summed E-state index contributed by atoms with van der Waals surface area (Å²) in [7, 11) is 0. The van der Waals surface area contributed by atoms with E-state index in [2.05, 4.69) is 32.7 Å². The zero-order valence-corrected chi connectivity index (χ0v) is 21.2. The third-order valence-electron chi connectivity index (χ3n) is 6.89. The van der Waals surface area contributed by atoms with Gasteiger partial charge in [0.1, 0.15) is 36.6 Å². The summed E-state index contributed by atoms with van der Waals surface area (Å²) in [6.45, 7) is 3.12. The molecule has 1 saturated heterocycles. The van der Waals surface area contributed by atoms with Crippen molar-refractivity contribution in [2.24, 2.45) is 4.99 Å². The minimum atomic E-state index is -0.0521. The summed E-state index contributed by atoms with van der Waals surface area (Å²) in [4.78, 5) is 13.9. The van der Waals surface area contributed by atoms with Crippen LogP contribution in [0.2, 0.25) is 5.02 Å². The fourth-order valence-corrected chi connectivity index (χ4v) is 5.08. The van der Waals surface area contributed by atoms with Crippen molar-refractivity contribution in [3.05, 3.63) is 89.2 Å². The van der Waals surface area contributed by atoms with Crippen molar-refractivity contribution in [3.8, 4) is 5.75 Å². The van der Waals surface area contributed by atoms with Crippen LogP contribution < -0.4 is 15.4 Å². The van der Waals surface area contributed by atoms with E-state index in [0.717, 1.165) is 59.5 Å². The number of ether oxygens (including phenoxy) is 2. The number of halogens is 1. The molecule has 1 spiro atoms. The molecule has 7 nitrogen and oxygen atoms in total. The van der Waals surface area contributed by atoms with Crippen LogP contribution in [-0.2, 0) is 17.8 Å². The number of fused-ring (bicyclic) bond motifs is 1. The van der Waals surface area contributed by atoms with Crippen molar-refractivity contribution in [1.29, 1.82) is 0 Å². The maximum absolute atomic E-state index is 6.53. The number of hydrogen-bond donors (Lipinski definition) is 2. The lowest BCUT2D eigenvalue weighted by atomic mass is 9.90. The van der Waals surface area contributed by atoms with E-state index in [1.54, 1.807) is 6.33 Å². The molecule has 0 amide bonds. The van der Waals surface area contributed by atoms with Crippen molar-refractivity contribution in [3.63, 3.8) is 0 Å². The van der Waals surface area contributed by atoms with Gasteiger partial charge in [0.05, 0.1) is 10.5 Å². The molecule has 0 bridgehead atoms. The third-order valence-corrected chi connectivity index (χ3v) is 7.19. The van der Waals surface area contributed by atoms with Crippen molar-refractivity contribution in [2.75, 3.05) is 25.0 Å². The highest BCUT2D eigenvalue weighted by Gasteiger charge is 2.37. The molecule has 2 aliphatic rings. The lowest BCUT2D eigenvalue weighted by Gasteiger charge is -2.28. The first-order chi connectivity index (χ1) is 18.2. The number of nitrogens with one attached hydrogen (secondary N) is 2. The van der Waals surface area contributed by atoms with Crippen LogP contribution in [0.25, 0.3) is 10.9 Å². The summed E-state index contributed by atoms with van der Waals surface area (Å²) < 4.78 is 11.9. The molecular formula is C29H28ClN5O2. The van der Waals surface area contributed by atoms with Gasteiger partial charge in [-0.15, -0.1) is 0 Å². The molecular weight excluding hydrogens is 486 g/mol. The second kappa shape index (κ2) is 10.4. The summed E-state index contributed by atoms with van der Waals surface area (Å²) in [5.74, 6) is 2.16. The van der Waals surface area contributed by atoms with Gasteiger partial charge in [-0.25, -0.2) is 15.0 Å². The summed E-state index contributed by atoms with van der Waals surface area (Å²) >= 11 is 6.53.